The molecule has 116 valence electrons. The number of pyridine rings is 1. The summed E-state index contributed by atoms with van der Waals surface area (Å²) in [6, 6.07) is 6.98. The smallest absolute Gasteiger partial charge is 0.295 e. The molecule has 0 saturated carbocycles. The normalized spacial score (nSPS) is 16.1. The molecular formula is C15H18N4O3. The number of hydrogen-bond donors (Lipinski definition) is 1. The van der Waals surface area contributed by atoms with E-state index in [-0.39, 0.29) is 12.3 Å². The van der Waals surface area contributed by atoms with Crippen LogP contribution in [0.5, 0.6) is 0 Å². The molecule has 1 aromatic heterocycles. The number of β-amino-alcohol motifs (C(OH)–C–C–N with tert-alkyl or cyclic N) is 1. The van der Waals surface area contributed by atoms with Crippen LogP contribution in [0.25, 0.3) is 10.9 Å². The van der Waals surface area contributed by atoms with Crippen molar-refractivity contribution < 1.29 is 10.0 Å². The first-order valence-electron chi connectivity index (χ1n) is 7.31. The molecule has 7 nitrogen and oxygen atoms in total. The number of aliphatic hydroxyl groups is 1. The van der Waals surface area contributed by atoms with Gasteiger partial charge in [0.15, 0.2) is 0 Å². The van der Waals surface area contributed by atoms with Crippen molar-refractivity contribution in [2.75, 3.05) is 44.2 Å². The molecule has 1 saturated heterocycles. The number of anilines is 1. The molecule has 1 aliphatic heterocycles. The Balaban J connectivity index is 1.92. The van der Waals surface area contributed by atoms with Crippen LogP contribution in [0.2, 0.25) is 0 Å². The Morgan fingerprint density at radius 2 is 2.00 bits per heavy atom. The Kier molecular flexibility index (Phi) is 4.17. The number of benzene rings is 1. The van der Waals surface area contributed by atoms with Crippen molar-refractivity contribution >= 4 is 22.3 Å². The predicted octanol–water partition coefficient (Wildman–Crippen LogP) is 1.26. The Morgan fingerprint density at radius 1 is 1.23 bits per heavy atom. The van der Waals surface area contributed by atoms with Crippen LogP contribution < -0.4 is 4.90 Å². The minimum absolute atomic E-state index is 0.0401. The molecule has 1 aromatic carbocycles. The second kappa shape index (κ2) is 6.25. The van der Waals surface area contributed by atoms with Crippen molar-refractivity contribution in [2.45, 2.75) is 0 Å². The number of rotatable bonds is 4. The number of hydrogen-bond acceptors (Lipinski definition) is 6. The first-order chi connectivity index (χ1) is 10.7. The molecule has 22 heavy (non-hydrogen) atoms. The number of nitro groups is 1. The number of aliphatic hydroxyl groups excluding tert-OH is 1. The summed E-state index contributed by atoms with van der Waals surface area (Å²) in [4.78, 5) is 19.4. The summed E-state index contributed by atoms with van der Waals surface area (Å²) < 4.78 is 0. The Hall–Kier alpha value is -2.25. The number of nitrogens with zero attached hydrogens (tertiary/aromatic N) is 4. The molecule has 7 heteroatoms. The zero-order chi connectivity index (χ0) is 15.5. The molecule has 0 radical (unpaired) electrons. The SMILES string of the molecule is O=[N+]([O-])c1cccc2c(N3CCN(CCO)CC3)ccnc12. The van der Waals surface area contributed by atoms with Crippen LogP contribution in [-0.4, -0.2) is 59.2 Å². The predicted molar refractivity (Wildman–Crippen MR) is 84.1 cm³/mol. The second-order valence-corrected chi connectivity index (χ2v) is 5.31. The molecule has 0 atom stereocenters. The van der Waals surface area contributed by atoms with Gasteiger partial charge in [-0.1, -0.05) is 12.1 Å². The second-order valence-electron chi connectivity index (χ2n) is 5.31. The molecule has 0 spiro atoms. The molecule has 2 heterocycles. The van der Waals surface area contributed by atoms with Gasteiger partial charge in [0, 0.05) is 56.1 Å². The molecule has 2 aromatic rings. The third-order valence-corrected chi connectivity index (χ3v) is 4.05. The highest BCUT2D eigenvalue weighted by molar-refractivity contribution is 5.96. The van der Waals surface area contributed by atoms with Crippen molar-refractivity contribution in [3.05, 3.63) is 40.6 Å². The van der Waals surface area contributed by atoms with E-state index in [1.165, 1.54) is 6.07 Å². The Bertz CT molecular complexity index is 684. The number of piperazine rings is 1. The number of fused-ring (bicyclic) bond motifs is 1. The summed E-state index contributed by atoms with van der Waals surface area (Å²) in [5, 5.41) is 20.9. The highest BCUT2D eigenvalue weighted by Crippen LogP contribution is 2.31. The molecule has 3 rings (SSSR count). The molecule has 0 unspecified atom stereocenters. The summed E-state index contributed by atoms with van der Waals surface area (Å²) >= 11 is 0. The van der Waals surface area contributed by atoms with Crippen LogP contribution in [0.1, 0.15) is 0 Å². The minimum Gasteiger partial charge on any atom is -0.395 e. The van der Waals surface area contributed by atoms with Crippen LogP contribution in [-0.2, 0) is 0 Å². The standard InChI is InChI=1S/C15H18N4O3/c20-11-10-17-6-8-18(9-7-17)13-4-5-16-15-12(13)2-1-3-14(15)19(21)22/h1-5,20H,6-11H2. The van der Waals surface area contributed by atoms with E-state index >= 15 is 0 Å². The van der Waals surface area contributed by atoms with E-state index in [4.69, 9.17) is 5.11 Å². The zero-order valence-corrected chi connectivity index (χ0v) is 12.2. The minimum atomic E-state index is -0.391. The summed E-state index contributed by atoms with van der Waals surface area (Å²) in [6.07, 6.45) is 1.63. The summed E-state index contributed by atoms with van der Waals surface area (Å²) in [6.45, 7) is 4.28. The van der Waals surface area contributed by atoms with E-state index in [9.17, 15) is 10.1 Å². The zero-order valence-electron chi connectivity index (χ0n) is 12.2. The van der Waals surface area contributed by atoms with Gasteiger partial charge < -0.3 is 10.0 Å². The van der Waals surface area contributed by atoms with Gasteiger partial charge >= 0.3 is 0 Å². The van der Waals surface area contributed by atoms with E-state index in [0.717, 1.165) is 37.3 Å². The number of para-hydroxylation sites is 1. The van der Waals surface area contributed by atoms with Gasteiger partial charge in [0.05, 0.1) is 11.5 Å². The van der Waals surface area contributed by atoms with Gasteiger partial charge in [0.25, 0.3) is 5.69 Å². The van der Waals surface area contributed by atoms with Gasteiger partial charge in [-0.15, -0.1) is 0 Å². The quantitative estimate of drug-likeness (QED) is 0.676. The summed E-state index contributed by atoms with van der Waals surface area (Å²) in [7, 11) is 0. The fourth-order valence-electron chi connectivity index (χ4n) is 2.92. The lowest BCUT2D eigenvalue weighted by molar-refractivity contribution is -0.383. The largest absolute Gasteiger partial charge is 0.395 e. The maximum atomic E-state index is 11.1. The molecular weight excluding hydrogens is 284 g/mol. The van der Waals surface area contributed by atoms with Gasteiger partial charge in [-0.25, -0.2) is 4.98 Å². The number of nitro benzene ring substituents is 1. The van der Waals surface area contributed by atoms with Gasteiger partial charge in [0.2, 0.25) is 0 Å². The fraction of sp³-hybridized carbons (Fsp3) is 0.400. The lowest BCUT2D eigenvalue weighted by atomic mass is 10.1. The Morgan fingerprint density at radius 3 is 2.68 bits per heavy atom. The van der Waals surface area contributed by atoms with Gasteiger partial charge in [0.1, 0.15) is 5.52 Å². The van der Waals surface area contributed by atoms with Crippen molar-refractivity contribution in [3.63, 3.8) is 0 Å². The van der Waals surface area contributed by atoms with Crippen LogP contribution >= 0.6 is 0 Å². The lowest BCUT2D eigenvalue weighted by Crippen LogP contribution is -2.47. The molecule has 0 bridgehead atoms. The molecule has 0 aliphatic carbocycles. The third-order valence-electron chi connectivity index (χ3n) is 4.05. The van der Waals surface area contributed by atoms with Gasteiger partial charge in [-0.2, -0.15) is 0 Å². The number of aromatic nitrogens is 1. The summed E-state index contributed by atoms with van der Waals surface area (Å²) in [5.41, 5.74) is 1.46. The fourth-order valence-corrected chi connectivity index (χ4v) is 2.92. The van der Waals surface area contributed by atoms with E-state index in [0.29, 0.717) is 12.1 Å². The van der Waals surface area contributed by atoms with Crippen LogP contribution in [0.15, 0.2) is 30.5 Å². The van der Waals surface area contributed by atoms with Crippen molar-refractivity contribution in [1.29, 1.82) is 0 Å². The van der Waals surface area contributed by atoms with Crippen LogP contribution in [0.4, 0.5) is 11.4 Å². The van der Waals surface area contributed by atoms with E-state index < -0.39 is 4.92 Å². The first kappa shape index (κ1) is 14.7. The molecule has 1 aliphatic rings. The number of non-ortho nitro benzene ring substituents is 1. The molecule has 1 fully saturated rings. The van der Waals surface area contributed by atoms with Crippen molar-refractivity contribution in [2.24, 2.45) is 0 Å². The monoisotopic (exact) mass is 302 g/mol. The van der Waals surface area contributed by atoms with Crippen LogP contribution in [0.3, 0.4) is 0 Å². The van der Waals surface area contributed by atoms with Gasteiger partial charge in [-0.3, -0.25) is 15.0 Å². The third kappa shape index (κ3) is 2.72. The molecule has 1 N–H and O–H groups in total. The lowest BCUT2D eigenvalue weighted by Gasteiger charge is -2.36. The van der Waals surface area contributed by atoms with Crippen molar-refractivity contribution in [3.8, 4) is 0 Å². The van der Waals surface area contributed by atoms with Gasteiger partial charge in [-0.05, 0) is 6.07 Å². The topological polar surface area (TPSA) is 82.7 Å². The maximum Gasteiger partial charge on any atom is 0.295 e. The van der Waals surface area contributed by atoms with E-state index in [1.807, 2.05) is 12.1 Å². The first-order valence-corrected chi connectivity index (χ1v) is 7.31. The average Bonchev–Trinajstić information content (AvgIpc) is 2.54. The van der Waals surface area contributed by atoms with Crippen molar-refractivity contribution in [1.82, 2.24) is 9.88 Å². The Labute approximate surface area is 127 Å². The molecule has 0 amide bonds. The average molecular weight is 302 g/mol. The summed E-state index contributed by atoms with van der Waals surface area (Å²) in [5.74, 6) is 0. The van der Waals surface area contributed by atoms with E-state index in [1.54, 1.807) is 12.3 Å². The van der Waals surface area contributed by atoms with Crippen LogP contribution in [0, 0.1) is 10.1 Å². The maximum absolute atomic E-state index is 11.1. The highest BCUT2D eigenvalue weighted by Gasteiger charge is 2.20. The highest BCUT2D eigenvalue weighted by atomic mass is 16.6. The van der Waals surface area contributed by atoms with E-state index in [2.05, 4.69) is 14.8 Å².